The zero-order chi connectivity index (χ0) is 14.4. The molecule has 2 N–H and O–H groups in total. The van der Waals surface area contributed by atoms with Crippen molar-refractivity contribution in [3.8, 4) is 0 Å². The molecule has 114 valence electrons. The van der Waals surface area contributed by atoms with Crippen LogP contribution in [0.25, 0.3) is 0 Å². The molecule has 2 rings (SSSR count). The van der Waals surface area contributed by atoms with Gasteiger partial charge in [-0.3, -0.25) is 4.68 Å². The maximum Gasteiger partial charge on any atom is 0.0640 e. The largest absolute Gasteiger partial charge is 0.327 e. The Morgan fingerprint density at radius 3 is 2.50 bits per heavy atom. The third-order valence-corrected chi connectivity index (χ3v) is 4.73. The first-order chi connectivity index (χ1) is 9.74. The number of aromatic nitrogens is 2. The molecule has 3 heteroatoms. The summed E-state index contributed by atoms with van der Waals surface area (Å²) < 4.78 is 2.18. The summed E-state index contributed by atoms with van der Waals surface area (Å²) in [6, 6.07) is 3.08. The standard InChI is InChI=1S/C17H31N3/c1-3-7-14(8-4-2)17(18)13-15-11-12-20(19-15)16-9-5-6-10-16/h11-12,14,16-17H,3-10,13,18H2,1-2H3. The molecule has 0 bridgehead atoms. The van der Waals surface area contributed by atoms with Crippen molar-refractivity contribution in [1.82, 2.24) is 9.78 Å². The quantitative estimate of drug-likeness (QED) is 0.778. The summed E-state index contributed by atoms with van der Waals surface area (Å²) in [5.74, 6) is 0.654. The summed E-state index contributed by atoms with van der Waals surface area (Å²) in [5.41, 5.74) is 7.62. The molecule has 20 heavy (non-hydrogen) atoms. The normalized spacial score (nSPS) is 18.0. The van der Waals surface area contributed by atoms with Gasteiger partial charge < -0.3 is 5.73 Å². The molecule has 1 aliphatic carbocycles. The first-order valence-electron chi connectivity index (χ1n) is 8.54. The minimum Gasteiger partial charge on any atom is -0.327 e. The Morgan fingerprint density at radius 2 is 1.90 bits per heavy atom. The van der Waals surface area contributed by atoms with Gasteiger partial charge in [0.2, 0.25) is 0 Å². The van der Waals surface area contributed by atoms with E-state index in [4.69, 9.17) is 10.8 Å². The Balaban J connectivity index is 1.91. The van der Waals surface area contributed by atoms with E-state index < -0.39 is 0 Å². The van der Waals surface area contributed by atoms with Crippen LogP contribution in [0.2, 0.25) is 0 Å². The van der Waals surface area contributed by atoms with Crippen molar-refractivity contribution >= 4 is 0 Å². The van der Waals surface area contributed by atoms with Gasteiger partial charge in [0.15, 0.2) is 0 Å². The first-order valence-corrected chi connectivity index (χ1v) is 8.54. The summed E-state index contributed by atoms with van der Waals surface area (Å²) in [6.45, 7) is 4.51. The number of hydrogen-bond donors (Lipinski definition) is 1. The second-order valence-corrected chi connectivity index (χ2v) is 6.43. The van der Waals surface area contributed by atoms with Crippen LogP contribution in [0.1, 0.15) is 76.9 Å². The highest BCUT2D eigenvalue weighted by Crippen LogP contribution is 2.29. The Bertz CT molecular complexity index is 373. The minimum atomic E-state index is 0.266. The van der Waals surface area contributed by atoms with E-state index in [0.717, 1.165) is 6.42 Å². The number of rotatable bonds is 8. The molecule has 0 saturated heterocycles. The van der Waals surface area contributed by atoms with Crippen LogP contribution in [-0.4, -0.2) is 15.8 Å². The first kappa shape index (κ1) is 15.6. The van der Waals surface area contributed by atoms with Gasteiger partial charge in [-0.1, -0.05) is 39.5 Å². The third-order valence-electron chi connectivity index (χ3n) is 4.73. The number of hydrogen-bond acceptors (Lipinski definition) is 2. The van der Waals surface area contributed by atoms with Gasteiger partial charge >= 0.3 is 0 Å². The molecule has 0 radical (unpaired) electrons. The topological polar surface area (TPSA) is 43.8 Å². The van der Waals surface area contributed by atoms with Gasteiger partial charge in [0.25, 0.3) is 0 Å². The van der Waals surface area contributed by atoms with Crippen LogP contribution in [0.15, 0.2) is 12.3 Å². The van der Waals surface area contributed by atoms with E-state index in [0.29, 0.717) is 12.0 Å². The summed E-state index contributed by atoms with van der Waals surface area (Å²) in [7, 11) is 0. The smallest absolute Gasteiger partial charge is 0.0640 e. The Morgan fingerprint density at radius 1 is 1.25 bits per heavy atom. The summed E-state index contributed by atoms with van der Waals surface area (Å²) in [4.78, 5) is 0. The van der Waals surface area contributed by atoms with Gasteiger partial charge in [-0.25, -0.2) is 0 Å². The lowest BCUT2D eigenvalue weighted by Gasteiger charge is -2.22. The van der Waals surface area contributed by atoms with Crippen molar-refractivity contribution < 1.29 is 0 Å². The van der Waals surface area contributed by atoms with E-state index in [-0.39, 0.29) is 6.04 Å². The molecule has 0 amide bonds. The average Bonchev–Trinajstić information content (AvgIpc) is 3.08. The van der Waals surface area contributed by atoms with E-state index >= 15 is 0 Å². The lowest BCUT2D eigenvalue weighted by Crippen LogP contribution is -2.32. The molecule has 1 heterocycles. The maximum absolute atomic E-state index is 6.44. The monoisotopic (exact) mass is 277 g/mol. The molecule has 1 saturated carbocycles. The van der Waals surface area contributed by atoms with Crippen molar-refractivity contribution in [2.45, 2.75) is 83.7 Å². The molecule has 0 aliphatic heterocycles. The van der Waals surface area contributed by atoms with E-state index in [1.54, 1.807) is 0 Å². The van der Waals surface area contributed by atoms with Crippen LogP contribution in [0.3, 0.4) is 0 Å². The molecule has 0 spiro atoms. The molecule has 1 aromatic rings. The van der Waals surface area contributed by atoms with Crippen molar-refractivity contribution in [3.05, 3.63) is 18.0 Å². The second kappa shape index (κ2) is 7.82. The Labute approximate surface area is 123 Å². The highest BCUT2D eigenvalue weighted by atomic mass is 15.3. The van der Waals surface area contributed by atoms with Crippen LogP contribution in [0.4, 0.5) is 0 Å². The fourth-order valence-electron chi connectivity index (χ4n) is 3.58. The minimum absolute atomic E-state index is 0.266. The van der Waals surface area contributed by atoms with Crippen LogP contribution in [0.5, 0.6) is 0 Å². The van der Waals surface area contributed by atoms with Gasteiger partial charge in [0.1, 0.15) is 0 Å². The molecular formula is C17H31N3. The van der Waals surface area contributed by atoms with E-state index in [2.05, 4.69) is 30.8 Å². The van der Waals surface area contributed by atoms with Crippen LogP contribution >= 0.6 is 0 Å². The highest BCUT2D eigenvalue weighted by Gasteiger charge is 2.20. The van der Waals surface area contributed by atoms with Crippen LogP contribution in [0, 0.1) is 5.92 Å². The van der Waals surface area contributed by atoms with Gasteiger partial charge in [-0.05, 0) is 37.7 Å². The molecule has 1 fully saturated rings. The van der Waals surface area contributed by atoms with Crippen molar-refractivity contribution in [1.29, 1.82) is 0 Å². The molecule has 1 aliphatic rings. The number of nitrogens with two attached hydrogens (primary N) is 1. The van der Waals surface area contributed by atoms with E-state index in [1.165, 1.54) is 57.1 Å². The summed E-state index contributed by atoms with van der Waals surface area (Å²) in [5, 5.41) is 4.77. The van der Waals surface area contributed by atoms with Gasteiger partial charge in [-0.2, -0.15) is 5.10 Å². The zero-order valence-corrected chi connectivity index (χ0v) is 13.2. The molecule has 3 nitrogen and oxygen atoms in total. The SMILES string of the molecule is CCCC(CCC)C(N)Cc1ccn(C2CCCC2)n1. The zero-order valence-electron chi connectivity index (χ0n) is 13.2. The Kier molecular flexibility index (Phi) is 6.08. The van der Waals surface area contributed by atoms with Crippen LogP contribution < -0.4 is 5.73 Å². The van der Waals surface area contributed by atoms with Crippen molar-refractivity contribution in [2.24, 2.45) is 11.7 Å². The molecular weight excluding hydrogens is 246 g/mol. The molecule has 0 aromatic carbocycles. The Hall–Kier alpha value is -0.830. The molecule has 1 aromatic heterocycles. The van der Waals surface area contributed by atoms with Gasteiger partial charge in [-0.15, -0.1) is 0 Å². The molecule has 1 atom stereocenters. The predicted octanol–water partition coefficient (Wildman–Crippen LogP) is 4.08. The lowest BCUT2D eigenvalue weighted by atomic mass is 9.88. The fraction of sp³-hybridized carbons (Fsp3) is 0.824. The van der Waals surface area contributed by atoms with Gasteiger partial charge in [0, 0.05) is 18.7 Å². The van der Waals surface area contributed by atoms with Crippen LogP contribution in [-0.2, 0) is 6.42 Å². The summed E-state index contributed by atoms with van der Waals surface area (Å²) >= 11 is 0. The predicted molar refractivity (Wildman–Crippen MR) is 84.7 cm³/mol. The van der Waals surface area contributed by atoms with E-state index in [1.807, 2.05) is 0 Å². The average molecular weight is 277 g/mol. The van der Waals surface area contributed by atoms with Crippen molar-refractivity contribution in [3.63, 3.8) is 0 Å². The van der Waals surface area contributed by atoms with Gasteiger partial charge in [0.05, 0.1) is 11.7 Å². The second-order valence-electron chi connectivity index (χ2n) is 6.43. The lowest BCUT2D eigenvalue weighted by molar-refractivity contribution is 0.356. The van der Waals surface area contributed by atoms with Crippen molar-refractivity contribution in [2.75, 3.05) is 0 Å². The maximum atomic E-state index is 6.44. The summed E-state index contributed by atoms with van der Waals surface area (Å²) in [6.07, 6.45) is 13.4. The highest BCUT2D eigenvalue weighted by molar-refractivity contribution is 5.03. The fourth-order valence-corrected chi connectivity index (χ4v) is 3.58. The number of nitrogens with zero attached hydrogens (tertiary/aromatic N) is 2. The third kappa shape index (κ3) is 4.08. The molecule has 1 unspecified atom stereocenters. The van der Waals surface area contributed by atoms with E-state index in [9.17, 15) is 0 Å².